The van der Waals surface area contributed by atoms with Crippen molar-refractivity contribution in [1.29, 1.82) is 0 Å². The van der Waals surface area contributed by atoms with Crippen LogP contribution < -0.4 is 10.6 Å². The summed E-state index contributed by atoms with van der Waals surface area (Å²) >= 11 is 11.7. The maximum Gasteiger partial charge on any atom is 0.319 e. The molecular formula is C16H14Cl2N6O2. The molecule has 1 unspecified atom stereocenters. The van der Waals surface area contributed by atoms with Crippen LogP contribution in [0.15, 0.2) is 48.9 Å². The van der Waals surface area contributed by atoms with Crippen LogP contribution >= 0.6 is 23.2 Å². The topological polar surface area (TPSA) is 105 Å². The number of nitrogens with zero attached hydrogens (tertiary/aromatic N) is 4. The standard InChI is InChI=1S/C16H14Cl2N6O2/c17-11-3-1-2-10(6-11)13(9-25)22-16(26)21-12-7-20-24(8-12)14-4-5-19-15(18)23-14/h1-8,13,25H,9H2,(H2,21,22,26). The first-order chi connectivity index (χ1) is 12.5. The van der Waals surface area contributed by atoms with Gasteiger partial charge in [0.1, 0.15) is 0 Å². The van der Waals surface area contributed by atoms with Gasteiger partial charge in [0.05, 0.1) is 30.7 Å². The molecule has 0 aliphatic rings. The summed E-state index contributed by atoms with van der Waals surface area (Å²) in [6.45, 7) is -0.271. The number of carbonyl (C=O) groups is 1. The van der Waals surface area contributed by atoms with Gasteiger partial charge in [-0.1, -0.05) is 23.7 Å². The fraction of sp³-hybridized carbons (Fsp3) is 0.125. The van der Waals surface area contributed by atoms with E-state index in [1.165, 1.54) is 17.1 Å². The summed E-state index contributed by atoms with van der Waals surface area (Å²) in [7, 11) is 0. The second kappa shape index (κ2) is 8.13. The number of nitrogens with one attached hydrogen (secondary N) is 2. The molecule has 2 aromatic heterocycles. The highest BCUT2D eigenvalue weighted by Crippen LogP contribution is 2.18. The number of halogens is 2. The third-order valence-corrected chi connectivity index (χ3v) is 3.84. The molecule has 0 bridgehead atoms. The zero-order chi connectivity index (χ0) is 18.5. The molecule has 0 aliphatic carbocycles. The molecule has 2 heterocycles. The largest absolute Gasteiger partial charge is 0.394 e. The summed E-state index contributed by atoms with van der Waals surface area (Å²) in [6.07, 6.45) is 4.54. The number of urea groups is 1. The Morgan fingerprint density at radius 3 is 2.88 bits per heavy atom. The Kier molecular flexibility index (Phi) is 5.67. The highest BCUT2D eigenvalue weighted by atomic mass is 35.5. The quantitative estimate of drug-likeness (QED) is 0.579. The van der Waals surface area contributed by atoms with Crippen molar-refractivity contribution in [3.05, 3.63) is 64.8 Å². The van der Waals surface area contributed by atoms with Crippen LogP contribution in [-0.4, -0.2) is 37.5 Å². The average Bonchev–Trinajstić information content (AvgIpc) is 3.08. The third-order valence-electron chi connectivity index (χ3n) is 3.43. The number of benzene rings is 1. The van der Waals surface area contributed by atoms with Gasteiger partial charge in [0.2, 0.25) is 5.28 Å². The van der Waals surface area contributed by atoms with Crippen LogP contribution in [0.1, 0.15) is 11.6 Å². The Morgan fingerprint density at radius 2 is 2.15 bits per heavy atom. The average molecular weight is 393 g/mol. The fourth-order valence-corrected chi connectivity index (χ4v) is 2.59. The lowest BCUT2D eigenvalue weighted by molar-refractivity contribution is 0.225. The van der Waals surface area contributed by atoms with Gasteiger partial charge in [-0.2, -0.15) is 10.1 Å². The van der Waals surface area contributed by atoms with Crippen molar-refractivity contribution in [1.82, 2.24) is 25.1 Å². The SMILES string of the molecule is O=C(Nc1cnn(-c2ccnc(Cl)n2)c1)NC(CO)c1cccc(Cl)c1. The lowest BCUT2D eigenvalue weighted by Crippen LogP contribution is -2.34. The molecule has 10 heteroatoms. The van der Waals surface area contributed by atoms with E-state index in [0.717, 1.165) is 0 Å². The Labute approximate surface area is 158 Å². The van der Waals surface area contributed by atoms with Gasteiger partial charge in [-0.25, -0.2) is 14.5 Å². The van der Waals surface area contributed by atoms with E-state index in [1.54, 1.807) is 36.5 Å². The van der Waals surface area contributed by atoms with Gasteiger partial charge >= 0.3 is 6.03 Å². The Morgan fingerprint density at radius 1 is 1.31 bits per heavy atom. The van der Waals surface area contributed by atoms with E-state index in [9.17, 15) is 9.90 Å². The molecule has 0 spiro atoms. The number of anilines is 1. The molecular weight excluding hydrogens is 379 g/mol. The van der Waals surface area contributed by atoms with Crippen molar-refractivity contribution in [3.8, 4) is 5.82 Å². The zero-order valence-corrected chi connectivity index (χ0v) is 14.8. The number of hydrogen-bond donors (Lipinski definition) is 3. The molecule has 134 valence electrons. The minimum atomic E-state index is -0.593. The van der Waals surface area contributed by atoms with Crippen molar-refractivity contribution >= 4 is 34.9 Å². The second-order valence-corrected chi connectivity index (χ2v) is 6.02. The molecule has 3 aromatic rings. The van der Waals surface area contributed by atoms with Gasteiger partial charge in [0.15, 0.2) is 5.82 Å². The maximum atomic E-state index is 12.2. The van der Waals surface area contributed by atoms with E-state index >= 15 is 0 Å². The highest BCUT2D eigenvalue weighted by molar-refractivity contribution is 6.30. The summed E-state index contributed by atoms with van der Waals surface area (Å²) < 4.78 is 1.45. The fourth-order valence-electron chi connectivity index (χ4n) is 2.25. The van der Waals surface area contributed by atoms with Gasteiger partial charge in [0, 0.05) is 17.3 Å². The number of amides is 2. The molecule has 3 rings (SSSR count). The van der Waals surface area contributed by atoms with Crippen LogP contribution in [0.5, 0.6) is 0 Å². The van der Waals surface area contributed by atoms with Crippen LogP contribution in [0.3, 0.4) is 0 Å². The van der Waals surface area contributed by atoms with Gasteiger partial charge in [-0.05, 0) is 29.3 Å². The zero-order valence-electron chi connectivity index (χ0n) is 13.3. The summed E-state index contributed by atoms with van der Waals surface area (Å²) in [4.78, 5) is 20.0. The Balaban J connectivity index is 1.66. The number of aliphatic hydroxyl groups excluding tert-OH is 1. The van der Waals surface area contributed by atoms with E-state index in [0.29, 0.717) is 22.1 Å². The lowest BCUT2D eigenvalue weighted by Gasteiger charge is -2.17. The molecule has 3 N–H and O–H groups in total. The number of rotatable bonds is 5. The van der Waals surface area contributed by atoms with Gasteiger partial charge in [0.25, 0.3) is 0 Å². The maximum absolute atomic E-state index is 12.2. The molecule has 0 radical (unpaired) electrons. The van der Waals surface area contributed by atoms with E-state index in [1.807, 2.05) is 0 Å². The Hall–Kier alpha value is -2.68. The molecule has 0 fully saturated rings. The van der Waals surface area contributed by atoms with E-state index in [-0.39, 0.29) is 11.9 Å². The van der Waals surface area contributed by atoms with Crippen LogP contribution in [-0.2, 0) is 0 Å². The summed E-state index contributed by atoms with van der Waals surface area (Å²) in [5.74, 6) is 0.464. The monoisotopic (exact) mass is 392 g/mol. The minimum Gasteiger partial charge on any atom is -0.394 e. The van der Waals surface area contributed by atoms with Crippen LogP contribution in [0.2, 0.25) is 10.3 Å². The molecule has 26 heavy (non-hydrogen) atoms. The van der Waals surface area contributed by atoms with E-state index in [2.05, 4.69) is 25.7 Å². The van der Waals surface area contributed by atoms with Crippen molar-refractivity contribution in [2.75, 3.05) is 11.9 Å². The van der Waals surface area contributed by atoms with Crippen molar-refractivity contribution in [3.63, 3.8) is 0 Å². The molecule has 0 saturated carbocycles. The van der Waals surface area contributed by atoms with Gasteiger partial charge in [-0.15, -0.1) is 0 Å². The first-order valence-electron chi connectivity index (χ1n) is 7.52. The smallest absolute Gasteiger partial charge is 0.319 e. The first kappa shape index (κ1) is 18.1. The summed E-state index contributed by atoms with van der Waals surface area (Å²) in [5, 5.41) is 19.6. The summed E-state index contributed by atoms with van der Waals surface area (Å²) in [6, 6.07) is 7.45. The summed E-state index contributed by atoms with van der Waals surface area (Å²) in [5.41, 5.74) is 1.14. The molecule has 0 saturated heterocycles. The van der Waals surface area contributed by atoms with Crippen LogP contribution in [0.25, 0.3) is 5.82 Å². The minimum absolute atomic E-state index is 0.0950. The predicted octanol–water partition coefficient (Wildman–Crippen LogP) is 2.82. The number of aromatic nitrogens is 4. The van der Waals surface area contributed by atoms with Crippen molar-refractivity contribution in [2.45, 2.75) is 6.04 Å². The molecule has 2 amide bonds. The Bertz CT molecular complexity index is 917. The molecule has 8 nitrogen and oxygen atoms in total. The normalized spacial score (nSPS) is 11.8. The molecule has 0 aliphatic heterocycles. The predicted molar refractivity (Wildman–Crippen MR) is 97.6 cm³/mol. The first-order valence-corrected chi connectivity index (χ1v) is 8.28. The number of hydrogen-bond acceptors (Lipinski definition) is 5. The van der Waals surface area contributed by atoms with Crippen LogP contribution in [0, 0.1) is 0 Å². The number of carbonyl (C=O) groups excluding carboxylic acids is 1. The van der Waals surface area contributed by atoms with Gasteiger partial charge < -0.3 is 15.7 Å². The van der Waals surface area contributed by atoms with Crippen molar-refractivity contribution in [2.24, 2.45) is 0 Å². The molecule has 1 aromatic carbocycles. The van der Waals surface area contributed by atoms with Gasteiger partial charge in [-0.3, -0.25) is 0 Å². The highest BCUT2D eigenvalue weighted by Gasteiger charge is 2.15. The third kappa shape index (κ3) is 4.48. The van der Waals surface area contributed by atoms with Crippen LogP contribution in [0.4, 0.5) is 10.5 Å². The second-order valence-electron chi connectivity index (χ2n) is 5.25. The van der Waals surface area contributed by atoms with Crippen molar-refractivity contribution < 1.29 is 9.90 Å². The van der Waals surface area contributed by atoms with E-state index < -0.39 is 12.1 Å². The lowest BCUT2D eigenvalue weighted by atomic mass is 10.1. The van der Waals surface area contributed by atoms with E-state index in [4.69, 9.17) is 23.2 Å². The number of aliphatic hydroxyl groups is 1. The molecule has 1 atom stereocenters.